The summed E-state index contributed by atoms with van der Waals surface area (Å²) >= 11 is 2.79. The second-order valence-electron chi connectivity index (χ2n) is 4.25. The molecule has 0 radical (unpaired) electrons. The van der Waals surface area contributed by atoms with E-state index in [-0.39, 0.29) is 6.54 Å². The number of nitrogens with one attached hydrogen (secondary N) is 1. The monoisotopic (exact) mass is 336 g/mol. The van der Waals surface area contributed by atoms with Crippen molar-refractivity contribution in [2.45, 2.75) is 10.8 Å². The maximum atomic E-state index is 12.1. The van der Waals surface area contributed by atoms with Crippen molar-refractivity contribution in [1.82, 2.24) is 9.71 Å². The molecule has 0 aliphatic heterocycles. The van der Waals surface area contributed by atoms with Gasteiger partial charge in [-0.2, -0.15) is 0 Å². The number of thiophene rings is 2. The number of sulfonamides is 1. The first-order valence-electron chi connectivity index (χ1n) is 6.18. The van der Waals surface area contributed by atoms with Gasteiger partial charge in [0.15, 0.2) is 0 Å². The van der Waals surface area contributed by atoms with Crippen molar-refractivity contribution >= 4 is 32.7 Å². The zero-order valence-electron chi connectivity index (χ0n) is 10.9. The standard InChI is InChI=1S/C14H12N2O2S3/c17-21(18,13-6-3-9-20-13)16-10-11-4-1-7-15-14(11)12-5-2-8-19-12/h1-9,16H,10H2. The summed E-state index contributed by atoms with van der Waals surface area (Å²) in [5, 5.41) is 3.72. The Bertz CT molecular complexity index is 810. The molecule has 0 saturated carbocycles. The zero-order valence-corrected chi connectivity index (χ0v) is 13.3. The number of hydrogen-bond donors (Lipinski definition) is 1. The van der Waals surface area contributed by atoms with E-state index in [1.54, 1.807) is 35.0 Å². The van der Waals surface area contributed by atoms with Crippen LogP contribution < -0.4 is 4.72 Å². The molecule has 3 rings (SSSR count). The van der Waals surface area contributed by atoms with Crippen LogP contribution in [0, 0.1) is 0 Å². The molecule has 0 bridgehead atoms. The van der Waals surface area contributed by atoms with Crippen LogP contribution >= 0.6 is 22.7 Å². The molecule has 0 unspecified atom stereocenters. The van der Waals surface area contributed by atoms with Crippen LogP contribution in [-0.4, -0.2) is 13.4 Å². The molecule has 0 amide bonds. The predicted octanol–water partition coefficient (Wildman–Crippen LogP) is 3.35. The Labute approximate surface area is 131 Å². The Morgan fingerprint density at radius 3 is 2.57 bits per heavy atom. The number of rotatable bonds is 5. The molecule has 7 heteroatoms. The van der Waals surface area contributed by atoms with Gasteiger partial charge in [0, 0.05) is 12.7 Å². The largest absolute Gasteiger partial charge is 0.255 e. The fourth-order valence-corrected chi connectivity index (χ4v) is 4.68. The lowest BCUT2D eigenvalue weighted by atomic mass is 10.2. The maximum absolute atomic E-state index is 12.1. The van der Waals surface area contributed by atoms with Crippen LogP contribution in [0.5, 0.6) is 0 Å². The van der Waals surface area contributed by atoms with E-state index in [9.17, 15) is 8.42 Å². The van der Waals surface area contributed by atoms with Gasteiger partial charge in [0.1, 0.15) is 4.21 Å². The molecule has 0 atom stereocenters. The first-order valence-corrected chi connectivity index (χ1v) is 9.42. The Kier molecular flexibility index (Phi) is 4.16. The van der Waals surface area contributed by atoms with Crippen molar-refractivity contribution in [3.05, 3.63) is 58.9 Å². The minimum atomic E-state index is -3.46. The van der Waals surface area contributed by atoms with Crippen LogP contribution in [0.2, 0.25) is 0 Å². The van der Waals surface area contributed by atoms with E-state index in [1.807, 2.05) is 29.6 Å². The first-order chi connectivity index (χ1) is 10.2. The molecule has 0 aromatic carbocycles. The Hall–Kier alpha value is -1.54. The Morgan fingerprint density at radius 2 is 1.86 bits per heavy atom. The van der Waals surface area contributed by atoms with Crippen LogP contribution in [0.3, 0.4) is 0 Å². The molecule has 1 N–H and O–H groups in total. The summed E-state index contributed by atoms with van der Waals surface area (Å²) in [5.41, 5.74) is 1.68. The van der Waals surface area contributed by atoms with Gasteiger partial charge in [0.05, 0.1) is 10.6 Å². The Balaban J connectivity index is 1.84. The van der Waals surface area contributed by atoms with Gasteiger partial charge >= 0.3 is 0 Å². The van der Waals surface area contributed by atoms with Gasteiger partial charge in [-0.25, -0.2) is 13.1 Å². The number of aromatic nitrogens is 1. The highest BCUT2D eigenvalue weighted by Crippen LogP contribution is 2.26. The molecule has 3 aromatic heterocycles. The highest BCUT2D eigenvalue weighted by atomic mass is 32.2. The fourth-order valence-electron chi connectivity index (χ4n) is 1.88. The van der Waals surface area contributed by atoms with Gasteiger partial charge in [0.2, 0.25) is 10.0 Å². The van der Waals surface area contributed by atoms with Gasteiger partial charge < -0.3 is 0 Å². The third kappa shape index (κ3) is 3.21. The SMILES string of the molecule is O=S(=O)(NCc1cccnc1-c1cccs1)c1cccs1. The lowest BCUT2D eigenvalue weighted by Gasteiger charge is -2.08. The molecular formula is C14H12N2O2S3. The van der Waals surface area contributed by atoms with Crippen LogP contribution in [0.1, 0.15) is 5.56 Å². The molecule has 0 spiro atoms. The fraction of sp³-hybridized carbons (Fsp3) is 0.0714. The minimum absolute atomic E-state index is 0.224. The minimum Gasteiger partial charge on any atom is -0.255 e. The quantitative estimate of drug-likeness (QED) is 0.777. The van der Waals surface area contributed by atoms with Crippen molar-refractivity contribution in [2.75, 3.05) is 0 Å². The Morgan fingerprint density at radius 1 is 1.05 bits per heavy atom. The van der Waals surface area contributed by atoms with E-state index in [2.05, 4.69) is 9.71 Å². The highest BCUT2D eigenvalue weighted by molar-refractivity contribution is 7.91. The lowest BCUT2D eigenvalue weighted by Crippen LogP contribution is -2.22. The third-order valence-corrected chi connectivity index (χ3v) is 6.53. The highest BCUT2D eigenvalue weighted by Gasteiger charge is 2.16. The van der Waals surface area contributed by atoms with Crippen molar-refractivity contribution in [1.29, 1.82) is 0 Å². The first kappa shape index (κ1) is 14.4. The number of hydrogen-bond acceptors (Lipinski definition) is 5. The lowest BCUT2D eigenvalue weighted by molar-refractivity contribution is 0.583. The van der Waals surface area contributed by atoms with Crippen LogP contribution in [0.15, 0.2) is 57.6 Å². The maximum Gasteiger partial charge on any atom is 0.250 e. The van der Waals surface area contributed by atoms with E-state index < -0.39 is 10.0 Å². The molecule has 21 heavy (non-hydrogen) atoms. The molecule has 108 valence electrons. The van der Waals surface area contributed by atoms with E-state index in [0.29, 0.717) is 4.21 Å². The molecule has 0 saturated heterocycles. The number of nitrogens with zero attached hydrogens (tertiary/aromatic N) is 1. The molecule has 4 nitrogen and oxygen atoms in total. The summed E-state index contributed by atoms with van der Waals surface area (Å²) in [6.45, 7) is 0.224. The van der Waals surface area contributed by atoms with Crippen LogP contribution in [0.25, 0.3) is 10.6 Å². The number of pyridine rings is 1. The van der Waals surface area contributed by atoms with Crippen LogP contribution in [-0.2, 0) is 16.6 Å². The average molecular weight is 336 g/mol. The van der Waals surface area contributed by atoms with Crippen LogP contribution in [0.4, 0.5) is 0 Å². The predicted molar refractivity (Wildman–Crippen MR) is 85.9 cm³/mol. The zero-order chi connectivity index (χ0) is 14.7. The molecule has 0 aliphatic carbocycles. The molecule has 0 aliphatic rings. The molecular weight excluding hydrogens is 324 g/mol. The second-order valence-corrected chi connectivity index (χ2v) is 8.13. The van der Waals surface area contributed by atoms with Gasteiger partial charge in [-0.1, -0.05) is 18.2 Å². The topological polar surface area (TPSA) is 59.1 Å². The van der Waals surface area contributed by atoms with E-state index in [4.69, 9.17) is 0 Å². The summed E-state index contributed by atoms with van der Waals surface area (Å²) in [4.78, 5) is 5.39. The van der Waals surface area contributed by atoms with Crippen molar-refractivity contribution in [3.63, 3.8) is 0 Å². The summed E-state index contributed by atoms with van der Waals surface area (Å²) in [6.07, 6.45) is 1.71. The average Bonchev–Trinajstić information content (AvgIpc) is 3.18. The third-order valence-electron chi connectivity index (χ3n) is 2.86. The van der Waals surface area contributed by atoms with E-state index >= 15 is 0 Å². The van der Waals surface area contributed by atoms with Gasteiger partial charge in [0.25, 0.3) is 0 Å². The van der Waals surface area contributed by atoms with Gasteiger partial charge in [-0.3, -0.25) is 4.98 Å². The molecule has 0 fully saturated rings. The van der Waals surface area contributed by atoms with Gasteiger partial charge in [-0.05, 0) is 34.5 Å². The van der Waals surface area contributed by atoms with Crippen molar-refractivity contribution < 1.29 is 8.42 Å². The second kappa shape index (κ2) is 6.07. The van der Waals surface area contributed by atoms with Gasteiger partial charge in [-0.15, -0.1) is 22.7 Å². The summed E-state index contributed by atoms with van der Waals surface area (Å²) in [5.74, 6) is 0. The smallest absolute Gasteiger partial charge is 0.250 e. The molecule has 3 aromatic rings. The summed E-state index contributed by atoms with van der Waals surface area (Å²) < 4.78 is 27.2. The summed E-state index contributed by atoms with van der Waals surface area (Å²) in [6, 6.07) is 10.9. The summed E-state index contributed by atoms with van der Waals surface area (Å²) in [7, 11) is -3.46. The van der Waals surface area contributed by atoms with E-state index in [0.717, 1.165) is 16.1 Å². The molecule has 3 heterocycles. The van der Waals surface area contributed by atoms with Crippen molar-refractivity contribution in [3.8, 4) is 10.6 Å². The van der Waals surface area contributed by atoms with Crippen molar-refractivity contribution in [2.24, 2.45) is 0 Å². The normalized spacial score (nSPS) is 11.6. The van der Waals surface area contributed by atoms with E-state index in [1.165, 1.54) is 11.3 Å².